The van der Waals surface area contributed by atoms with E-state index >= 15 is 0 Å². The number of halogens is 1. The SMILES string of the molecule is CC(C)NC(=S)N(Cc1ccccc1O)c1ccccc1Cl. The molecule has 2 aromatic rings. The summed E-state index contributed by atoms with van der Waals surface area (Å²) in [7, 11) is 0. The Labute approximate surface area is 141 Å². The van der Waals surface area contributed by atoms with Crippen molar-refractivity contribution in [3.63, 3.8) is 0 Å². The molecule has 0 amide bonds. The number of aromatic hydroxyl groups is 1. The summed E-state index contributed by atoms with van der Waals surface area (Å²) in [6.07, 6.45) is 0. The van der Waals surface area contributed by atoms with Crippen molar-refractivity contribution in [1.82, 2.24) is 5.32 Å². The molecule has 0 aliphatic rings. The van der Waals surface area contributed by atoms with E-state index in [2.05, 4.69) is 5.32 Å². The van der Waals surface area contributed by atoms with Crippen molar-refractivity contribution in [2.24, 2.45) is 0 Å². The van der Waals surface area contributed by atoms with E-state index in [4.69, 9.17) is 23.8 Å². The predicted octanol–water partition coefficient (Wildman–Crippen LogP) is 4.34. The zero-order valence-electron chi connectivity index (χ0n) is 12.6. The summed E-state index contributed by atoms with van der Waals surface area (Å²) in [4.78, 5) is 1.90. The Kier molecular flexibility index (Phi) is 5.63. The van der Waals surface area contributed by atoms with Gasteiger partial charge < -0.3 is 15.3 Å². The summed E-state index contributed by atoms with van der Waals surface area (Å²) in [5, 5.41) is 14.4. The predicted molar refractivity (Wildman–Crippen MR) is 96.6 cm³/mol. The maximum atomic E-state index is 10.0. The molecule has 0 aromatic heterocycles. The number of rotatable bonds is 4. The van der Waals surface area contributed by atoms with Gasteiger partial charge in [0.15, 0.2) is 5.11 Å². The van der Waals surface area contributed by atoms with Crippen LogP contribution in [0.15, 0.2) is 48.5 Å². The highest BCUT2D eigenvalue weighted by molar-refractivity contribution is 7.80. The Morgan fingerprint density at radius 3 is 2.45 bits per heavy atom. The molecule has 3 nitrogen and oxygen atoms in total. The van der Waals surface area contributed by atoms with Crippen molar-refractivity contribution < 1.29 is 5.11 Å². The first kappa shape index (κ1) is 16.6. The molecular weight excluding hydrogens is 316 g/mol. The molecule has 0 spiro atoms. The van der Waals surface area contributed by atoms with E-state index in [0.717, 1.165) is 11.3 Å². The highest BCUT2D eigenvalue weighted by Gasteiger charge is 2.17. The van der Waals surface area contributed by atoms with Gasteiger partial charge in [0, 0.05) is 11.6 Å². The van der Waals surface area contributed by atoms with E-state index in [0.29, 0.717) is 16.7 Å². The monoisotopic (exact) mass is 334 g/mol. The van der Waals surface area contributed by atoms with Crippen molar-refractivity contribution in [1.29, 1.82) is 0 Å². The molecule has 116 valence electrons. The lowest BCUT2D eigenvalue weighted by molar-refractivity contribution is 0.468. The minimum atomic E-state index is 0.210. The summed E-state index contributed by atoms with van der Waals surface area (Å²) in [5.74, 6) is 0.243. The highest BCUT2D eigenvalue weighted by atomic mass is 35.5. The molecule has 2 N–H and O–H groups in total. The Morgan fingerprint density at radius 1 is 1.18 bits per heavy atom. The van der Waals surface area contributed by atoms with Crippen molar-refractivity contribution in [2.45, 2.75) is 26.4 Å². The smallest absolute Gasteiger partial charge is 0.174 e. The number of phenolic OH excluding ortho intramolecular Hbond substituents is 1. The molecule has 0 fully saturated rings. The van der Waals surface area contributed by atoms with Gasteiger partial charge in [-0.1, -0.05) is 41.9 Å². The number of para-hydroxylation sites is 2. The third-order valence-electron chi connectivity index (χ3n) is 3.12. The average Bonchev–Trinajstić information content (AvgIpc) is 2.46. The standard InChI is InChI=1S/C17H19ClN2OS/c1-12(2)19-17(22)20(15-9-5-4-8-14(15)18)11-13-7-3-6-10-16(13)21/h3-10,12,21H,11H2,1-2H3,(H,19,22). The lowest BCUT2D eigenvalue weighted by Crippen LogP contribution is -2.42. The van der Waals surface area contributed by atoms with E-state index in [1.807, 2.05) is 55.1 Å². The number of thiocarbonyl (C=S) groups is 1. The van der Waals surface area contributed by atoms with Crippen LogP contribution in [0.5, 0.6) is 5.75 Å². The topological polar surface area (TPSA) is 35.5 Å². The molecule has 0 aliphatic carbocycles. The van der Waals surface area contributed by atoms with Crippen LogP contribution in [-0.2, 0) is 6.54 Å². The van der Waals surface area contributed by atoms with Crippen LogP contribution in [0.4, 0.5) is 5.69 Å². The Balaban J connectivity index is 2.36. The van der Waals surface area contributed by atoms with Crippen molar-refractivity contribution in [2.75, 3.05) is 4.90 Å². The van der Waals surface area contributed by atoms with Crippen LogP contribution in [0.2, 0.25) is 5.02 Å². The number of nitrogens with one attached hydrogen (secondary N) is 1. The van der Waals surface area contributed by atoms with Gasteiger partial charge in [-0.15, -0.1) is 0 Å². The molecular formula is C17H19ClN2OS. The van der Waals surface area contributed by atoms with Crippen LogP contribution in [0.3, 0.4) is 0 Å². The van der Waals surface area contributed by atoms with Crippen LogP contribution in [0.1, 0.15) is 19.4 Å². The lowest BCUT2D eigenvalue weighted by atomic mass is 10.1. The molecule has 0 bridgehead atoms. The van der Waals surface area contributed by atoms with Crippen LogP contribution in [0.25, 0.3) is 0 Å². The minimum Gasteiger partial charge on any atom is -0.508 e. The zero-order chi connectivity index (χ0) is 16.1. The molecule has 22 heavy (non-hydrogen) atoms. The Bertz CT molecular complexity index is 661. The van der Waals surface area contributed by atoms with Gasteiger partial charge in [0.1, 0.15) is 5.75 Å². The summed E-state index contributed by atoms with van der Waals surface area (Å²) >= 11 is 11.8. The van der Waals surface area contributed by atoms with Crippen molar-refractivity contribution in [3.05, 3.63) is 59.1 Å². The van der Waals surface area contributed by atoms with Gasteiger partial charge >= 0.3 is 0 Å². The fraction of sp³-hybridized carbons (Fsp3) is 0.235. The highest BCUT2D eigenvalue weighted by Crippen LogP contribution is 2.28. The molecule has 0 radical (unpaired) electrons. The quantitative estimate of drug-likeness (QED) is 0.815. The van der Waals surface area contributed by atoms with E-state index in [-0.39, 0.29) is 11.8 Å². The maximum Gasteiger partial charge on any atom is 0.174 e. The van der Waals surface area contributed by atoms with Gasteiger partial charge in [0.05, 0.1) is 17.3 Å². The number of hydrogen-bond acceptors (Lipinski definition) is 2. The van der Waals surface area contributed by atoms with Crippen LogP contribution < -0.4 is 10.2 Å². The van der Waals surface area contributed by atoms with Gasteiger partial charge in [-0.25, -0.2) is 0 Å². The first-order chi connectivity index (χ1) is 10.5. The summed E-state index contributed by atoms with van der Waals surface area (Å²) in [6, 6.07) is 15.0. The van der Waals surface area contributed by atoms with Gasteiger partial charge in [0.25, 0.3) is 0 Å². The zero-order valence-corrected chi connectivity index (χ0v) is 14.2. The summed E-state index contributed by atoms with van der Waals surface area (Å²) in [5.41, 5.74) is 1.60. The second kappa shape index (κ2) is 7.47. The normalized spacial score (nSPS) is 10.5. The van der Waals surface area contributed by atoms with Crippen LogP contribution >= 0.6 is 23.8 Å². The third-order valence-corrected chi connectivity index (χ3v) is 3.78. The number of benzene rings is 2. The fourth-order valence-electron chi connectivity index (χ4n) is 2.08. The lowest BCUT2D eigenvalue weighted by Gasteiger charge is -2.28. The van der Waals surface area contributed by atoms with E-state index in [9.17, 15) is 5.11 Å². The molecule has 5 heteroatoms. The van der Waals surface area contributed by atoms with E-state index < -0.39 is 0 Å². The molecule has 0 heterocycles. The largest absolute Gasteiger partial charge is 0.508 e. The van der Waals surface area contributed by atoms with Crippen LogP contribution in [0, 0.1) is 0 Å². The molecule has 2 aromatic carbocycles. The number of phenols is 1. The van der Waals surface area contributed by atoms with Gasteiger partial charge in [0.2, 0.25) is 0 Å². The summed E-state index contributed by atoms with van der Waals surface area (Å²) in [6.45, 7) is 4.49. The second-order valence-electron chi connectivity index (χ2n) is 5.27. The molecule has 0 saturated heterocycles. The minimum absolute atomic E-state index is 0.210. The third kappa shape index (κ3) is 4.12. The summed E-state index contributed by atoms with van der Waals surface area (Å²) < 4.78 is 0. The van der Waals surface area contributed by atoms with E-state index in [1.54, 1.807) is 12.1 Å². The first-order valence-corrected chi connectivity index (χ1v) is 7.87. The molecule has 0 atom stereocenters. The molecule has 0 aliphatic heterocycles. The number of hydrogen-bond donors (Lipinski definition) is 2. The first-order valence-electron chi connectivity index (χ1n) is 7.08. The fourth-order valence-corrected chi connectivity index (χ4v) is 2.71. The van der Waals surface area contributed by atoms with E-state index in [1.165, 1.54) is 0 Å². The van der Waals surface area contributed by atoms with Crippen LogP contribution in [-0.4, -0.2) is 16.3 Å². The van der Waals surface area contributed by atoms with Crippen molar-refractivity contribution in [3.8, 4) is 5.75 Å². The van der Waals surface area contributed by atoms with Gasteiger partial charge in [-0.3, -0.25) is 0 Å². The average molecular weight is 335 g/mol. The molecule has 2 rings (SSSR count). The molecule has 0 saturated carbocycles. The van der Waals surface area contributed by atoms with Crippen molar-refractivity contribution >= 4 is 34.6 Å². The maximum absolute atomic E-state index is 10.0. The number of anilines is 1. The Hall–Kier alpha value is -1.78. The Morgan fingerprint density at radius 2 is 1.82 bits per heavy atom. The van der Waals surface area contributed by atoms with Gasteiger partial charge in [-0.2, -0.15) is 0 Å². The second-order valence-corrected chi connectivity index (χ2v) is 6.06. The molecule has 0 unspecified atom stereocenters. The number of nitrogens with zero attached hydrogens (tertiary/aromatic N) is 1. The van der Waals surface area contributed by atoms with Gasteiger partial charge in [-0.05, 0) is 44.3 Å².